The van der Waals surface area contributed by atoms with E-state index < -0.39 is 17.9 Å². The van der Waals surface area contributed by atoms with Crippen molar-refractivity contribution in [1.29, 1.82) is 5.41 Å². The third-order valence-corrected chi connectivity index (χ3v) is 5.82. The Labute approximate surface area is 197 Å². The highest BCUT2D eigenvalue weighted by Gasteiger charge is 2.38. The second kappa shape index (κ2) is 9.67. The summed E-state index contributed by atoms with van der Waals surface area (Å²) in [6, 6.07) is 16.0. The van der Waals surface area contributed by atoms with Gasteiger partial charge >= 0.3 is 5.97 Å². The second-order valence-electron chi connectivity index (χ2n) is 8.39. The van der Waals surface area contributed by atoms with Crippen molar-refractivity contribution >= 4 is 28.6 Å². The Morgan fingerprint density at radius 2 is 1.91 bits per heavy atom. The van der Waals surface area contributed by atoms with Crippen molar-refractivity contribution in [3.05, 3.63) is 77.6 Å². The number of hydrogen-bond acceptors (Lipinski definition) is 6. The molecule has 0 saturated carbocycles. The minimum Gasteiger partial charge on any atom is -0.464 e. The summed E-state index contributed by atoms with van der Waals surface area (Å²) >= 11 is 0. The number of allylic oxidation sites excluding steroid dienone is 2. The summed E-state index contributed by atoms with van der Waals surface area (Å²) in [5, 5.41) is 14.9. The maximum absolute atomic E-state index is 13.7. The van der Waals surface area contributed by atoms with Crippen molar-refractivity contribution < 1.29 is 18.3 Å². The summed E-state index contributed by atoms with van der Waals surface area (Å²) in [4.78, 5) is 14.3. The largest absolute Gasteiger partial charge is 0.464 e. The molecule has 0 aromatic heterocycles. The third-order valence-electron chi connectivity index (χ3n) is 5.82. The van der Waals surface area contributed by atoms with Gasteiger partial charge in [-0.3, -0.25) is 0 Å². The first kappa shape index (κ1) is 23.5. The summed E-state index contributed by atoms with van der Waals surface area (Å²) in [7, 11) is 0. The molecule has 0 amide bonds. The van der Waals surface area contributed by atoms with Gasteiger partial charge in [-0.25, -0.2) is 13.6 Å². The Morgan fingerprint density at radius 3 is 2.50 bits per heavy atom. The van der Waals surface area contributed by atoms with Crippen LogP contribution in [0.3, 0.4) is 0 Å². The molecule has 6 nitrogen and oxygen atoms in total. The van der Waals surface area contributed by atoms with Gasteiger partial charge in [0, 0.05) is 35.6 Å². The minimum absolute atomic E-state index is 0.152. The van der Waals surface area contributed by atoms with Crippen molar-refractivity contribution in [2.75, 3.05) is 29.9 Å². The summed E-state index contributed by atoms with van der Waals surface area (Å²) in [6.45, 7) is 3.69. The Kier molecular flexibility index (Phi) is 6.68. The highest BCUT2D eigenvalue weighted by Crippen LogP contribution is 2.34. The molecular weight excluding hydrogens is 438 g/mol. The van der Waals surface area contributed by atoms with E-state index in [1.807, 2.05) is 42.5 Å². The highest BCUT2D eigenvalue weighted by molar-refractivity contribution is 6.12. The van der Waals surface area contributed by atoms with Crippen molar-refractivity contribution in [3.63, 3.8) is 0 Å². The van der Waals surface area contributed by atoms with Crippen LogP contribution < -0.4 is 15.5 Å². The van der Waals surface area contributed by atoms with Gasteiger partial charge in [-0.15, -0.1) is 0 Å². The fourth-order valence-corrected chi connectivity index (χ4v) is 4.22. The number of nitrogens with one attached hydrogen (secondary N) is 3. The maximum Gasteiger partial charge on any atom is 0.332 e. The van der Waals surface area contributed by atoms with E-state index in [4.69, 9.17) is 10.1 Å². The van der Waals surface area contributed by atoms with Crippen molar-refractivity contribution in [3.8, 4) is 0 Å². The smallest absolute Gasteiger partial charge is 0.332 e. The van der Waals surface area contributed by atoms with Crippen LogP contribution in [0.15, 0.2) is 72.1 Å². The lowest BCUT2D eigenvalue weighted by molar-refractivity contribution is -0.144. The lowest BCUT2D eigenvalue weighted by Gasteiger charge is -2.29. The molecule has 1 atom stereocenters. The first-order chi connectivity index (χ1) is 16.3. The average molecular weight is 467 g/mol. The molecule has 0 bridgehead atoms. The Hall–Kier alpha value is -3.68. The van der Waals surface area contributed by atoms with E-state index in [1.54, 1.807) is 37.0 Å². The number of carbonyl (C=O) groups is 1. The summed E-state index contributed by atoms with van der Waals surface area (Å²) < 4.78 is 32.5. The number of anilines is 2. The number of dihydropyridines is 1. The Balaban J connectivity index is 1.71. The van der Waals surface area contributed by atoms with Crippen LogP contribution in [0.1, 0.15) is 25.8 Å². The number of ether oxygens (including phenoxy) is 1. The standard InChI is InChI=1S/C26H28F2N4O2/c1-3-34-25(33)22-15-21(18-9-11-20(12-10-18)32-14-13-26(27,28)16-32)23(17(2)29)24(31-22)30-19-7-5-4-6-8-19/h4-12,15,22,29-31H,3,13-14,16H2,1-2H3. The number of carbonyl (C=O) groups excluding carboxylic acids is 1. The van der Waals surface area contributed by atoms with E-state index in [1.165, 1.54) is 0 Å². The summed E-state index contributed by atoms with van der Waals surface area (Å²) in [6.07, 6.45) is 1.60. The molecule has 2 heterocycles. The molecule has 2 aliphatic heterocycles. The molecule has 178 valence electrons. The van der Waals surface area contributed by atoms with Gasteiger partial charge < -0.3 is 25.7 Å². The number of para-hydroxylation sites is 1. The molecule has 1 unspecified atom stereocenters. The molecular formula is C26H28F2N4O2. The Bertz CT molecular complexity index is 1130. The van der Waals surface area contributed by atoms with E-state index >= 15 is 0 Å². The molecule has 4 rings (SSSR count). The van der Waals surface area contributed by atoms with Crippen molar-refractivity contribution in [2.24, 2.45) is 0 Å². The first-order valence-corrected chi connectivity index (χ1v) is 11.3. The number of nitrogens with zero attached hydrogens (tertiary/aromatic N) is 1. The number of esters is 1. The van der Waals surface area contributed by atoms with Gasteiger partial charge in [-0.05, 0) is 55.3 Å². The zero-order valence-electron chi connectivity index (χ0n) is 19.2. The molecule has 0 spiro atoms. The van der Waals surface area contributed by atoms with Crippen LogP contribution in [-0.4, -0.2) is 43.3 Å². The number of benzene rings is 2. The predicted molar refractivity (Wildman–Crippen MR) is 130 cm³/mol. The van der Waals surface area contributed by atoms with Crippen LogP contribution in [0.5, 0.6) is 0 Å². The second-order valence-corrected chi connectivity index (χ2v) is 8.39. The van der Waals surface area contributed by atoms with Crippen LogP contribution in [0.25, 0.3) is 5.57 Å². The van der Waals surface area contributed by atoms with Crippen molar-refractivity contribution in [2.45, 2.75) is 32.2 Å². The van der Waals surface area contributed by atoms with E-state index in [0.717, 1.165) is 16.9 Å². The van der Waals surface area contributed by atoms with Gasteiger partial charge in [0.15, 0.2) is 0 Å². The molecule has 1 fully saturated rings. The van der Waals surface area contributed by atoms with Crippen LogP contribution in [0.4, 0.5) is 20.2 Å². The minimum atomic E-state index is -2.67. The molecule has 8 heteroatoms. The van der Waals surface area contributed by atoms with Crippen molar-refractivity contribution in [1.82, 2.24) is 5.32 Å². The molecule has 0 radical (unpaired) electrons. The number of rotatable bonds is 7. The van der Waals surface area contributed by atoms with Gasteiger partial charge in [0.05, 0.1) is 13.2 Å². The van der Waals surface area contributed by atoms with E-state index in [9.17, 15) is 13.6 Å². The van der Waals surface area contributed by atoms with E-state index in [0.29, 0.717) is 29.2 Å². The average Bonchev–Trinajstić information content (AvgIpc) is 3.19. The Morgan fingerprint density at radius 1 is 1.21 bits per heavy atom. The fourth-order valence-electron chi connectivity index (χ4n) is 4.22. The number of halogens is 2. The molecule has 2 aromatic rings. The molecule has 0 aliphatic carbocycles. The normalized spacial score (nSPS) is 19.4. The number of alkyl halides is 2. The predicted octanol–water partition coefficient (Wildman–Crippen LogP) is 4.81. The van der Waals surface area contributed by atoms with Crippen LogP contribution in [0.2, 0.25) is 0 Å². The van der Waals surface area contributed by atoms with Gasteiger partial charge in [0.2, 0.25) is 0 Å². The quantitative estimate of drug-likeness (QED) is 0.403. The monoisotopic (exact) mass is 466 g/mol. The van der Waals surface area contributed by atoms with E-state index in [2.05, 4.69) is 10.6 Å². The zero-order valence-corrected chi connectivity index (χ0v) is 19.2. The molecule has 3 N–H and O–H groups in total. The first-order valence-electron chi connectivity index (χ1n) is 11.3. The number of hydrogen-bond donors (Lipinski definition) is 3. The molecule has 1 saturated heterocycles. The molecule has 2 aromatic carbocycles. The van der Waals surface area contributed by atoms with Crippen LogP contribution in [0, 0.1) is 5.41 Å². The van der Waals surface area contributed by atoms with Gasteiger partial charge in [-0.1, -0.05) is 30.3 Å². The van der Waals surface area contributed by atoms with Gasteiger partial charge in [0.1, 0.15) is 11.9 Å². The SMILES string of the molecule is CCOC(=O)C1C=C(c2ccc(N3CCC(F)(F)C3)cc2)C(C(C)=N)=C(Nc2ccccc2)N1. The van der Waals surface area contributed by atoms with Crippen LogP contribution in [-0.2, 0) is 9.53 Å². The zero-order chi connectivity index (χ0) is 24.3. The third kappa shape index (κ3) is 5.11. The van der Waals surface area contributed by atoms with Gasteiger partial charge in [-0.2, -0.15) is 0 Å². The lowest BCUT2D eigenvalue weighted by atomic mass is 9.90. The van der Waals surface area contributed by atoms with Crippen LogP contribution >= 0.6 is 0 Å². The molecule has 2 aliphatic rings. The lowest BCUT2D eigenvalue weighted by Crippen LogP contribution is -2.42. The fraction of sp³-hybridized carbons (Fsp3) is 0.308. The molecule has 34 heavy (non-hydrogen) atoms. The highest BCUT2D eigenvalue weighted by atomic mass is 19.3. The topological polar surface area (TPSA) is 77.5 Å². The summed E-state index contributed by atoms with van der Waals surface area (Å²) in [5.74, 6) is -2.57. The maximum atomic E-state index is 13.7. The van der Waals surface area contributed by atoms with E-state index in [-0.39, 0.29) is 19.6 Å². The van der Waals surface area contributed by atoms with Gasteiger partial charge in [0.25, 0.3) is 5.92 Å². The summed E-state index contributed by atoms with van der Waals surface area (Å²) in [5.41, 5.74) is 3.92.